The minimum absolute atomic E-state index is 0.239. The number of aliphatic carboxylic acids is 1. The van der Waals surface area contributed by atoms with Gasteiger partial charge >= 0.3 is 5.97 Å². The number of anilines is 1. The van der Waals surface area contributed by atoms with Crippen molar-refractivity contribution in [1.29, 1.82) is 0 Å². The van der Waals surface area contributed by atoms with Crippen LogP contribution in [0.4, 0.5) is 5.13 Å². The fourth-order valence-corrected chi connectivity index (χ4v) is 2.10. The van der Waals surface area contributed by atoms with Crippen LogP contribution in [0, 0.1) is 0 Å². The summed E-state index contributed by atoms with van der Waals surface area (Å²) < 4.78 is 0.829. The van der Waals surface area contributed by atoms with E-state index >= 15 is 0 Å². The summed E-state index contributed by atoms with van der Waals surface area (Å²) in [5.74, 6) is -0.734. The molecule has 0 aliphatic rings. The van der Waals surface area contributed by atoms with Gasteiger partial charge in [-0.25, -0.2) is 4.98 Å². The van der Waals surface area contributed by atoms with Crippen molar-refractivity contribution in [3.8, 4) is 0 Å². The molecule has 0 saturated heterocycles. The van der Waals surface area contributed by atoms with Gasteiger partial charge in [0.1, 0.15) is 4.60 Å². The Morgan fingerprint density at radius 3 is 3.00 bits per heavy atom. The van der Waals surface area contributed by atoms with E-state index in [0.717, 1.165) is 22.7 Å². The van der Waals surface area contributed by atoms with Crippen molar-refractivity contribution in [2.24, 2.45) is 0 Å². The quantitative estimate of drug-likeness (QED) is 0.786. The van der Waals surface area contributed by atoms with Gasteiger partial charge in [-0.05, 0) is 28.8 Å². The second-order valence-corrected chi connectivity index (χ2v) is 4.42. The standard InChI is InChI=1S/C8H11BrN2O2S/c9-6-5-14-8(11-6)10-4-2-1-3-7(12)13/h5H,1-4H2,(H,10,11)(H,12,13). The van der Waals surface area contributed by atoms with Gasteiger partial charge < -0.3 is 10.4 Å². The van der Waals surface area contributed by atoms with Crippen LogP contribution in [0.25, 0.3) is 0 Å². The van der Waals surface area contributed by atoms with Crippen LogP contribution in [0.15, 0.2) is 9.98 Å². The van der Waals surface area contributed by atoms with Crippen LogP contribution in [-0.2, 0) is 4.79 Å². The van der Waals surface area contributed by atoms with Crippen LogP contribution in [0.3, 0.4) is 0 Å². The van der Waals surface area contributed by atoms with Gasteiger partial charge in [-0.3, -0.25) is 4.79 Å². The lowest BCUT2D eigenvalue weighted by Gasteiger charge is -2.00. The van der Waals surface area contributed by atoms with E-state index in [4.69, 9.17) is 5.11 Å². The van der Waals surface area contributed by atoms with E-state index in [-0.39, 0.29) is 6.42 Å². The van der Waals surface area contributed by atoms with E-state index in [1.54, 1.807) is 0 Å². The van der Waals surface area contributed by atoms with Crippen LogP contribution >= 0.6 is 27.3 Å². The predicted octanol–water partition coefficient (Wildman–Crippen LogP) is 2.57. The van der Waals surface area contributed by atoms with Crippen LogP contribution < -0.4 is 5.32 Å². The molecule has 0 radical (unpaired) electrons. The molecule has 0 aliphatic heterocycles. The molecule has 1 rings (SSSR count). The Morgan fingerprint density at radius 2 is 2.43 bits per heavy atom. The number of hydrogen-bond donors (Lipinski definition) is 2. The molecule has 1 aromatic heterocycles. The smallest absolute Gasteiger partial charge is 0.303 e. The lowest BCUT2D eigenvalue weighted by Crippen LogP contribution is -2.02. The summed E-state index contributed by atoms with van der Waals surface area (Å²) in [4.78, 5) is 14.4. The van der Waals surface area contributed by atoms with E-state index in [1.165, 1.54) is 11.3 Å². The summed E-state index contributed by atoms with van der Waals surface area (Å²) in [5, 5.41) is 14.3. The molecule has 1 heterocycles. The number of hydrogen-bond acceptors (Lipinski definition) is 4. The number of thiazole rings is 1. The van der Waals surface area contributed by atoms with Gasteiger partial charge in [-0.15, -0.1) is 11.3 Å². The minimum atomic E-state index is -0.734. The first kappa shape index (κ1) is 11.5. The third kappa shape index (κ3) is 4.57. The van der Waals surface area contributed by atoms with Crippen LogP contribution in [0.5, 0.6) is 0 Å². The summed E-state index contributed by atoms with van der Waals surface area (Å²) in [6.45, 7) is 0.771. The van der Waals surface area contributed by atoms with Gasteiger partial charge in [0.15, 0.2) is 5.13 Å². The maximum absolute atomic E-state index is 10.2. The predicted molar refractivity (Wildman–Crippen MR) is 59.8 cm³/mol. The maximum atomic E-state index is 10.2. The van der Waals surface area contributed by atoms with Crippen molar-refractivity contribution in [2.45, 2.75) is 19.3 Å². The molecule has 4 nitrogen and oxygen atoms in total. The molecule has 0 aromatic carbocycles. The topological polar surface area (TPSA) is 62.2 Å². The number of halogens is 1. The highest BCUT2D eigenvalue weighted by atomic mass is 79.9. The SMILES string of the molecule is O=C(O)CCCCNc1nc(Br)cs1. The number of rotatable bonds is 6. The molecule has 14 heavy (non-hydrogen) atoms. The normalized spacial score (nSPS) is 10.1. The summed E-state index contributed by atoms with van der Waals surface area (Å²) in [5.41, 5.74) is 0. The van der Waals surface area contributed by atoms with Crippen molar-refractivity contribution < 1.29 is 9.90 Å². The first-order valence-corrected chi connectivity index (χ1v) is 5.92. The molecule has 0 fully saturated rings. The van der Waals surface area contributed by atoms with E-state index in [2.05, 4.69) is 26.2 Å². The molecule has 0 aliphatic carbocycles. The van der Waals surface area contributed by atoms with Crippen molar-refractivity contribution in [3.05, 3.63) is 9.98 Å². The van der Waals surface area contributed by atoms with Crippen molar-refractivity contribution in [3.63, 3.8) is 0 Å². The first-order chi connectivity index (χ1) is 6.68. The second-order valence-electron chi connectivity index (χ2n) is 2.75. The zero-order valence-corrected chi connectivity index (χ0v) is 9.90. The summed E-state index contributed by atoms with van der Waals surface area (Å²) in [6, 6.07) is 0. The number of unbranched alkanes of at least 4 members (excludes halogenated alkanes) is 1. The largest absolute Gasteiger partial charge is 0.481 e. The van der Waals surface area contributed by atoms with E-state index < -0.39 is 5.97 Å². The Bertz CT molecular complexity index is 303. The average molecular weight is 279 g/mol. The molecule has 2 N–H and O–H groups in total. The highest BCUT2D eigenvalue weighted by Crippen LogP contribution is 2.19. The zero-order chi connectivity index (χ0) is 10.4. The Balaban J connectivity index is 2.07. The lowest BCUT2D eigenvalue weighted by atomic mass is 10.2. The Labute approximate surface area is 94.5 Å². The van der Waals surface area contributed by atoms with E-state index in [9.17, 15) is 4.79 Å². The molecule has 0 spiro atoms. The number of nitrogens with one attached hydrogen (secondary N) is 1. The Kier molecular flexibility index (Phi) is 4.89. The van der Waals surface area contributed by atoms with Crippen LogP contribution in [0.2, 0.25) is 0 Å². The van der Waals surface area contributed by atoms with Crippen molar-refractivity contribution >= 4 is 38.4 Å². The molecule has 1 aromatic rings. The molecule has 0 unspecified atom stereocenters. The number of carboxylic acids is 1. The van der Waals surface area contributed by atoms with Gasteiger partial charge in [0, 0.05) is 18.3 Å². The molecule has 0 atom stereocenters. The maximum Gasteiger partial charge on any atom is 0.303 e. The lowest BCUT2D eigenvalue weighted by molar-refractivity contribution is -0.137. The van der Waals surface area contributed by atoms with Gasteiger partial charge in [-0.2, -0.15) is 0 Å². The molecule has 6 heteroatoms. The summed E-state index contributed by atoms with van der Waals surface area (Å²) >= 11 is 4.78. The third-order valence-electron chi connectivity index (χ3n) is 1.57. The van der Waals surface area contributed by atoms with Crippen molar-refractivity contribution in [2.75, 3.05) is 11.9 Å². The molecular formula is C8H11BrN2O2S. The van der Waals surface area contributed by atoms with Crippen LogP contribution in [0.1, 0.15) is 19.3 Å². The Morgan fingerprint density at radius 1 is 1.64 bits per heavy atom. The average Bonchev–Trinajstić information content (AvgIpc) is 2.50. The second kappa shape index (κ2) is 5.98. The summed E-state index contributed by atoms with van der Waals surface area (Å²) in [7, 11) is 0. The zero-order valence-electron chi connectivity index (χ0n) is 7.49. The Hall–Kier alpha value is -0.620. The molecule has 0 saturated carbocycles. The van der Waals surface area contributed by atoms with Gasteiger partial charge in [-0.1, -0.05) is 0 Å². The molecule has 0 bridgehead atoms. The molecule has 78 valence electrons. The molecular weight excluding hydrogens is 268 g/mol. The fourth-order valence-electron chi connectivity index (χ4n) is 0.932. The number of carboxylic acid groups (broad SMARTS) is 1. The van der Waals surface area contributed by atoms with Gasteiger partial charge in [0.2, 0.25) is 0 Å². The number of aromatic nitrogens is 1. The van der Waals surface area contributed by atoms with E-state index in [0.29, 0.717) is 6.42 Å². The van der Waals surface area contributed by atoms with E-state index in [1.807, 2.05) is 5.38 Å². The van der Waals surface area contributed by atoms with Gasteiger partial charge in [0.25, 0.3) is 0 Å². The van der Waals surface area contributed by atoms with Crippen LogP contribution in [-0.4, -0.2) is 22.6 Å². The summed E-state index contributed by atoms with van der Waals surface area (Å²) in [6.07, 6.45) is 1.79. The fraction of sp³-hybridized carbons (Fsp3) is 0.500. The highest BCUT2D eigenvalue weighted by molar-refractivity contribution is 9.10. The minimum Gasteiger partial charge on any atom is -0.481 e. The monoisotopic (exact) mass is 278 g/mol. The van der Waals surface area contributed by atoms with Gasteiger partial charge in [0.05, 0.1) is 0 Å². The first-order valence-electron chi connectivity index (χ1n) is 4.25. The van der Waals surface area contributed by atoms with Crippen molar-refractivity contribution in [1.82, 2.24) is 4.98 Å². The molecule has 0 amide bonds. The number of carbonyl (C=O) groups is 1. The number of nitrogens with zero attached hydrogens (tertiary/aromatic N) is 1. The highest BCUT2D eigenvalue weighted by Gasteiger charge is 1.99. The third-order valence-corrected chi connectivity index (χ3v) is 3.08.